The van der Waals surface area contributed by atoms with Crippen molar-refractivity contribution in [3.05, 3.63) is 56.2 Å². The standard InChI is InChI=1S/C16H17NS3/c1-12(7-13-4-6-18-10-13)17-9-15-8-14(11-20-15)16-3-2-5-19-16/h2-6,8,10-12,17H,7,9H2,1H3. The monoisotopic (exact) mass is 319 g/mol. The number of hydrogen-bond donors (Lipinski definition) is 1. The van der Waals surface area contributed by atoms with Gasteiger partial charge in [0.2, 0.25) is 0 Å². The predicted molar refractivity (Wildman–Crippen MR) is 92.0 cm³/mol. The Labute approximate surface area is 131 Å². The zero-order valence-electron chi connectivity index (χ0n) is 11.3. The lowest BCUT2D eigenvalue weighted by Gasteiger charge is -2.11. The zero-order valence-corrected chi connectivity index (χ0v) is 13.8. The molecule has 3 aromatic rings. The van der Waals surface area contributed by atoms with Crippen molar-refractivity contribution in [1.82, 2.24) is 5.32 Å². The van der Waals surface area contributed by atoms with Gasteiger partial charge in [-0.1, -0.05) is 6.07 Å². The van der Waals surface area contributed by atoms with Crippen LogP contribution in [0.4, 0.5) is 0 Å². The highest BCUT2D eigenvalue weighted by Gasteiger charge is 2.06. The fourth-order valence-electron chi connectivity index (χ4n) is 2.15. The fourth-order valence-corrected chi connectivity index (χ4v) is 4.46. The molecule has 3 rings (SSSR count). The summed E-state index contributed by atoms with van der Waals surface area (Å²) in [5, 5.41) is 12.4. The predicted octanol–water partition coefficient (Wildman–Crippen LogP) is 5.26. The smallest absolute Gasteiger partial charge is 0.0351 e. The highest BCUT2D eigenvalue weighted by atomic mass is 32.1. The third kappa shape index (κ3) is 3.58. The Balaban J connectivity index is 1.53. The maximum atomic E-state index is 3.61. The van der Waals surface area contributed by atoms with Gasteiger partial charge >= 0.3 is 0 Å². The minimum Gasteiger partial charge on any atom is -0.309 e. The summed E-state index contributed by atoms with van der Waals surface area (Å²) in [6.45, 7) is 3.22. The van der Waals surface area contributed by atoms with Crippen molar-refractivity contribution in [3.8, 4) is 10.4 Å². The molecular weight excluding hydrogens is 302 g/mol. The third-order valence-corrected chi connectivity index (χ3v) is 5.79. The lowest BCUT2D eigenvalue weighted by molar-refractivity contribution is 0.549. The first kappa shape index (κ1) is 14.0. The van der Waals surface area contributed by atoms with Crippen LogP contribution in [0.25, 0.3) is 10.4 Å². The van der Waals surface area contributed by atoms with E-state index in [1.54, 1.807) is 22.7 Å². The lowest BCUT2D eigenvalue weighted by atomic mass is 10.1. The van der Waals surface area contributed by atoms with E-state index in [2.05, 4.69) is 58.0 Å². The molecule has 20 heavy (non-hydrogen) atoms. The Morgan fingerprint density at radius 1 is 1.15 bits per heavy atom. The number of nitrogens with one attached hydrogen (secondary N) is 1. The first-order valence-electron chi connectivity index (χ1n) is 6.67. The van der Waals surface area contributed by atoms with Crippen molar-refractivity contribution in [2.24, 2.45) is 0 Å². The summed E-state index contributed by atoms with van der Waals surface area (Å²) in [5.41, 5.74) is 2.78. The summed E-state index contributed by atoms with van der Waals surface area (Å²) in [6, 6.07) is 9.32. The average molecular weight is 320 g/mol. The van der Waals surface area contributed by atoms with E-state index >= 15 is 0 Å². The van der Waals surface area contributed by atoms with Crippen LogP contribution >= 0.6 is 34.0 Å². The SMILES string of the molecule is CC(Cc1ccsc1)NCc1cc(-c2cccs2)cs1. The molecule has 0 aliphatic rings. The summed E-state index contributed by atoms with van der Waals surface area (Å²) < 4.78 is 0. The van der Waals surface area contributed by atoms with Crippen molar-refractivity contribution in [2.45, 2.75) is 25.9 Å². The maximum Gasteiger partial charge on any atom is 0.0351 e. The van der Waals surface area contributed by atoms with Gasteiger partial charge < -0.3 is 5.32 Å². The van der Waals surface area contributed by atoms with Crippen LogP contribution in [-0.4, -0.2) is 6.04 Å². The second-order valence-electron chi connectivity index (χ2n) is 4.90. The fraction of sp³-hybridized carbons (Fsp3) is 0.250. The first-order chi connectivity index (χ1) is 9.81. The number of rotatable bonds is 6. The Kier molecular flexibility index (Phi) is 4.68. The van der Waals surface area contributed by atoms with Crippen molar-refractivity contribution in [2.75, 3.05) is 0 Å². The lowest BCUT2D eigenvalue weighted by Crippen LogP contribution is -2.26. The van der Waals surface area contributed by atoms with Crippen LogP contribution in [0.2, 0.25) is 0 Å². The van der Waals surface area contributed by atoms with Gasteiger partial charge in [0.15, 0.2) is 0 Å². The largest absolute Gasteiger partial charge is 0.309 e. The summed E-state index contributed by atoms with van der Waals surface area (Å²) in [6.07, 6.45) is 1.10. The zero-order chi connectivity index (χ0) is 13.8. The van der Waals surface area contributed by atoms with Gasteiger partial charge in [-0.15, -0.1) is 22.7 Å². The van der Waals surface area contributed by atoms with E-state index in [-0.39, 0.29) is 0 Å². The molecule has 0 saturated carbocycles. The molecule has 0 aliphatic carbocycles. The molecule has 3 heterocycles. The molecule has 0 fully saturated rings. The summed E-state index contributed by atoms with van der Waals surface area (Å²) >= 11 is 5.42. The topological polar surface area (TPSA) is 12.0 Å². The molecule has 3 aromatic heterocycles. The second kappa shape index (κ2) is 6.68. The highest BCUT2D eigenvalue weighted by molar-refractivity contribution is 7.14. The Bertz CT molecular complexity index is 623. The van der Waals surface area contributed by atoms with Crippen LogP contribution in [-0.2, 0) is 13.0 Å². The normalized spacial score (nSPS) is 12.7. The number of thiophene rings is 3. The van der Waals surface area contributed by atoms with E-state index in [1.165, 1.54) is 20.9 Å². The van der Waals surface area contributed by atoms with E-state index in [9.17, 15) is 0 Å². The highest BCUT2D eigenvalue weighted by Crippen LogP contribution is 2.29. The van der Waals surface area contributed by atoms with Crippen LogP contribution in [0.15, 0.2) is 45.8 Å². The van der Waals surface area contributed by atoms with Crippen LogP contribution in [0, 0.1) is 0 Å². The number of hydrogen-bond acceptors (Lipinski definition) is 4. The van der Waals surface area contributed by atoms with E-state index in [4.69, 9.17) is 0 Å². The molecule has 0 aromatic carbocycles. The first-order valence-corrected chi connectivity index (χ1v) is 9.37. The minimum absolute atomic E-state index is 0.511. The van der Waals surface area contributed by atoms with Gasteiger partial charge in [-0.3, -0.25) is 0 Å². The minimum atomic E-state index is 0.511. The van der Waals surface area contributed by atoms with Crippen LogP contribution < -0.4 is 5.32 Å². The van der Waals surface area contributed by atoms with Crippen molar-refractivity contribution in [3.63, 3.8) is 0 Å². The molecule has 104 valence electrons. The molecule has 0 radical (unpaired) electrons. The molecular formula is C16H17NS3. The van der Waals surface area contributed by atoms with E-state index in [0.717, 1.165) is 13.0 Å². The van der Waals surface area contributed by atoms with Crippen molar-refractivity contribution >= 4 is 34.0 Å². The quantitative estimate of drug-likeness (QED) is 0.653. The molecule has 0 bridgehead atoms. The molecule has 1 atom stereocenters. The van der Waals surface area contributed by atoms with Gasteiger partial charge in [-0.05, 0) is 58.6 Å². The van der Waals surface area contributed by atoms with Crippen LogP contribution in [0.1, 0.15) is 17.4 Å². The molecule has 1 N–H and O–H groups in total. The van der Waals surface area contributed by atoms with Crippen molar-refractivity contribution < 1.29 is 0 Å². The Hall–Kier alpha value is -0.940. The van der Waals surface area contributed by atoms with E-state index < -0.39 is 0 Å². The Morgan fingerprint density at radius 2 is 2.10 bits per heavy atom. The molecule has 0 saturated heterocycles. The van der Waals surface area contributed by atoms with E-state index in [0.29, 0.717) is 6.04 Å². The molecule has 0 amide bonds. The van der Waals surface area contributed by atoms with Gasteiger partial charge in [0.1, 0.15) is 0 Å². The third-order valence-electron chi connectivity index (χ3n) is 3.21. The second-order valence-corrected chi connectivity index (χ2v) is 7.62. The molecule has 0 spiro atoms. The summed E-state index contributed by atoms with van der Waals surface area (Å²) in [5.74, 6) is 0. The van der Waals surface area contributed by atoms with E-state index in [1.807, 2.05) is 11.3 Å². The summed E-state index contributed by atoms with van der Waals surface area (Å²) in [4.78, 5) is 2.77. The summed E-state index contributed by atoms with van der Waals surface area (Å²) in [7, 11) is 0. The van der Waals surface area contributed by atoms with Crippen molar-refractivity contribution in [1.29, 1.82) is 0 Å². The molecule has 1 nitrogen and oxygen atoms in total. The van der Waals surface area contributed by atoms with Gasteiger partial charge in [-0.25, -0.2) is 0 Å². The van der Waals surface area contributed by atoms with Crippen LogP contribution in [0.3, 0.4) is 0 Å². The molecule has 1 unspecified atom stereocenters. The molecule has 4 heteroatoms. The van der Waals surface area contributed by atoms with Gasteiger partial charge in [0, 0.05) is 27.9 Å². The van der Waals surface area contributed by atoms with Gasteiger partial charge in [-0.2, -0.15) is 11.3 Å². The average Bonchev–Trinajstić information content (AvgIpc) is 3.18. The maximum absolute atomic E-state index is 3.61. The van der Waals surface area contributed by atoms with Gasteiger partial charge in [0.25, 0.3) is 0 Å². The van der Waals surface area contributed by atoms with Gasteiger partial charge in [0.05, 0.1) is 0 Å². The Morgan fingerprint density at radius 3 is 2.85 bits per heavy atom. The molecule has 0 aliphatic heterocycles. The van der Waals surface area contributed by atoms with Crippen LogP contribution in [0.5, 0.6) is 0 Å².